The van der Waals surface area contributed by atoms with Gasteiger partial charge in [-0.15, -0.1) is 0 Å². The molecule has 0 spiro atoms. The molecule has 0 amide bonds. The molecule has 10 aliphatic carbocycles. The van der Waals surface area contributed by atoms with Crippen molar-refractivity contribution in [3.8, 4) is 0 Å². The Kier molecular flexibility index (Phi) is 5.30. The van der Waals surface area contributed by atoms with Crippen LogP contribution >= 0.6 is 0 Å². The van der Waals surface area contributed by atoms with Crippen LogP contribution in [0.3, 0.4) is 0 Å². The average molecular weight is 533 g/mol. The lowest BCUT2D eigenvalue weighted by Crippen LogP contribution is -2.51. The van der Waals surface area contributed by atoms with Crippen molar-refractivity contribution in [1.29, 1.82) is 0 Å². The lowest BCUT2D eigenvalue weighted by molar-refractivity contribution is -0.133. The van der Waals surface area contributed by atoms with Gasteiger partial charge >= 0.3 is 0 Å². The maximum atomic E-state index is 13.2. The molecule has 8 bridgehead atoms. The SMILES string of the molecule is O=C1C(=C2C=CC(=NC3C4CC5CC(C4)CC3C5)C=C2)C(=O)C1c1ccc(NC2C3CC4CC(C3)CC2C4)cc1. The highest BCUT2D eigenvalue weighted by molar-refractivity contribution is 6.42. The van der Waals surface area contributed by atoms with E-state index in [0.717, 1.165) is 69.9 Å². The molecule has 206 valence electrons. The molecule has 1 N–H and O–H groups in total. The maximum absolute atomic E-state index is 13.2. The third kappa shape index (κ3) is 3.73. The minimum Gasteiger partial charge on any atom is -0.382 e. The van der Waals surface area contributed by atoms with E-state index >= 15 is 0 Å². The molecule has 4 heteroatoms. The van der Waals surface area contributed by atoms with E-state index in [2.05, 4.69) is 17.4 Å². The molecule has 11 rings (SSSR count). The summed E-state index contributed by atoms with van der Waals surface area (Å²) in [5, 5.41) is 3.85. The lowest BCUT2D eigenvalue weighted by atomic mass is 9.54. The van der Waals surface area contributed by atoms with Crippen LogP contribution in [0.1, 0.15) is 75.7 Å². The van der Waals surface area contributed by atoms with E-state index in [-0.39, 0.29) is 11.6 Å². The number of anilines is 1. The predicted molar refractivity (Wildman–Crippen MR) is 157 cm³/mol. The first-order valence-electron chi connectivity index (χ1n) is 16.2. The van der Waals surface area contributed by atoms with Crippen molar-refractivity contribution in [1.82, 2.24) is 0 Å². The van der Waals surface area contributed by atoms with E-state index in [1.807, 2.05) is 36.4 Å². The highest BCUT2D eigenvalue weighted by Crippen LogP contribution is 2.56. The molecule has 10 aliphatic rings. The Labute approximate surface area is 237 Å². The van der Waals surface area contributed by atoms with Crippen LogP contribution in [0, 0.1) is 47.3 Å². The molecule has 9 saturated carbocycles. The first kappa shape index (κ1) is 23.9. The monoisotopic (exact) mass is 532 g/mol. The number of aliphatic imine (C=N–C) groups is 1. The van der Waals surface area contributed by atoms with Crippen LogP contribution in [0.5, 0.6) is 0 Å². The maximum Gasteiger partial charge on any atom is 0.182 e. The second kappa shape index (κ2) is 8.87. The molecule has 0 atom stereocenters. The van der Waals surface area contributed by atoms with Gasteiger partial charge in [-0.25, -0.2) is 0 Å². The van der Waals surface area contributed by atoms with Gasteiger partial charge in [0.2, 0.25) is 0 Å². The molecule has 0 saturated heterocycles. The van der Waals surface area contributed by atoms with Gasteiger partial charge < -0.3 is 5.32 Å². The zero-order valence-corrected chi connectivity index (χ0v) is 23.3. The summed E-state index contributed by atoms with van der Waals surface area (Å²) < 4.78 is 0. The molecule has 1 aromatic carbocycles. The molecule has 4 nitrogen and oxygen atoms in total. The van der Waals surface area contributed by atoms with Crippen LogP contribution in [0.2, 0.25) is 0 Å². The van der Waals surface area contributed by atoms with Gasteiger partial charge in [0, 0.05) is 11.7 Å². The van der Waals surface area contributed by atoms with Crippen molar-refractivity contribution in [2.75, 3.05) is 5.32 Å². The van der Waals surface area contributed by atoms with Gasteiger partial charge in [-0.05, 0) is 147 Å². The fourth-order valence-corrected chi connectivity index (χ4v) is 11.2. The zero-order chi connectivity index (χ0) is 26.5. The number of hydrogen-bond acceptors (Lipinski definition) is 4. The topological polar surface area (TPSA) is 58.5 Å². The van der Waals surface area contributed by atoms with Gasteiger partial charge in [0.25, 0.3) is 0 Å². The number of ketones is 2. The van der Waals surface area contributed by atoms with Crippen molar-refractivity contribution in [3.63, 3.8) is 0 Å². The largest absolute Gasteiger partial charge is 0.382 e. The fraction of sp³-hybridized carbons (Fsp3) is 0.583. The molecule has 1 aromatic rings. The van der Waals surface area contributed by atoms with Crippen LogP contribution in [0.15, 0.2) is 64.7 Å². The van der Waals surface area contributed by atoms with E-state index < -0.39 is 5.92 Å². The molecule has 0 unspecified atom stereocenters. The number of Topliss-reactive ketones (excluding diaryl/α,β-unsaturated/α-hetero) is 2. The smallest absolute Gasteiger partial charge is 0.182 e. The Morgan fingerprint density at radius 1 is 0.600 bits per heavy atom. The summed E-state index contributed by atoms with van der Waals surface area (Å²) in [7, 11) is 0. The molecule has 0 heterocycles. The third-order valence-corrected chi connectivity index (χ3v) is 12.5. The first-order valence-corrected chi connectivity index (χ1v) is 16.2. The summed E-state index contributed by atoms with van der Waals surface area (Å²) in [5.41, 5.74) is 4.06. The number of rotatable bonds is 4. The Morgan fingerprint density at radius 3 is 1.62 bits per heavy atom. The second-order valence-electron chi connectivity index (χ2n) is 14.9. The molecular formula is C36H40N2O2. The summed E-state index contributed by atoms with van der Waals surface area (Å²) >= 11 is 0. The van der Waals surface area contributed by atoms with Gasteiger partial charge in [-0.2, -0.15) is 0 Å². The molecule has 0 aliphatic heterocycles. The molecule has 9 fully saturated rings. The van der Waals surface area contributed by atoms with Crippen LogP contribution < -0.4 is 5.32 Å². The molecular weight excluding hydrogens is 492 g/mol. The number of nitrogens with one attached hydrogen (secondary N) is 1. The summed E-state index contributed by atoms with van der Waals surface area (Å²) in [6, 6.07) is 9.19. The van der Waals surface area contributed by atoms with Gasteiger partial charge in [0.05, 0.1) is 17.3 Å². The van der Waals surface area contributed by atoms with Crippen molar-refractivity contribution in [2.45, 2.75) is 82.2 Å². The average Bonchev–Trinajstić information content (AvgIpc) is 2.94. The minimum absolute atomic E-state index is 0.0440. The normalized spacial score (nSPS) is 44.0. The van der Waals surface area contributed by atoms with E-state index in [4.69, 9.17) is 4.99 Å². The number of carbonyl (C=O) groups is 2. The predicted octanol–water partition coefficient (Wildman–Crippen LogP) is 6.85. The Bertz CT molecular complexity index is 1300. The first-order chi connectivity index (χ1) is 19.6. The summed E-state index contributed by atoms with van der Waals surface area (Å²) in [6.45, 7) is 0. The van der Waals surface area contributed by atoms with Crippen molar-refractivity contribution in [3.05, 3.63) is 65.3 Å². The van der Waals surface area contributed by atoms with Crippen LogP contribution in [-0.2, 0) is 9.59 Å². The second-order valence-corrected chi connectivity index (χ2v) is 14.9. The standard InChI is InChI=1S/C36H40N2O2/c39-35-31(23-1-5-29(6-2-23)37-33-25-11-19-9-20(13-25)14-26(33)12-19)36(40)32(35)24-3-7-30(8-4-24)38-34-27-15-21-10-22(17-27)18-28(34)16-21/h1-8,19-22,25-28,31,33-34,37H,9-18H2. The van der Waals surface area contributed by atoms with E-state index in [1.54, 1.807) is 0 Å². The number of benzene rings is 1. The molecule has 0 aromatic heterocycles. The summed E-state index contributed by atoms with van der Waals surface area (Å²) in [4.78, 5) is 31.6. The molecule has 0 radical (unpaired) electrons. The number of hydrogen-bond donors (Lipinski definition) is 1. The highest BCUT2D eigenvalue weighted by Gasteiger charge is 2.50. The van der Waals surface area contributed by atoms with Crippen molar-refractivity contribution in [2.24, 2.45) is 52.3 Å². The fourth-order valence-electron chi connectivity index (χ4n) is 11.2. The van der Waals surface area contributed by atoms with Crippen LogP contribution in [-0.4, -0.2) is 29.4 Å². The zero-order valence-electron chi connectivity index (χ0n) is 23.3. The van der Waals surface area contributed by atoms with Gasteiger partial charge in [0.1, 0.15) is 5.92 Å². The van der Waals surface area contributed by atoms with Crippen LogP contribution in [0.4, 0.5) is 5.69 Å². The lowest BCUT2D eigenvalue weighted by Gasteiger charge is -2.54. The van der Waals surface area contributed by atoms with E-state index in [0.29, 0.717) is 17.7 Å². The Hall–Kier alpha value is -2.75. The van der Waals surface area contributed by atoms with E-state index in [1.165, 1.54) is 64.2 Å². The van der Waals surface area contributed by atoms with Gasteiger partial charge in [-0.3, -0.25) is 14.6 Å². The van der Waals surface area contributed by atoms with Gasteiger partial charge in [-0.1, -0.05) is 24.3 Å². The minimum atomic E-state index is -0.650. The number of carbonyl (C=O) groups excluding carboxylic acids is 2. The van der Waals surface area contributed by atoms with Crippen molar-refractivity contribution < 1.29 is 9.59 Å². The number of allylic oxidation sites excluding steroid dienone is 6. The molecule has 40 heavy (non-hydrogen) atoms. The number of nitrogens with zero attached hydrogens (tertiary/aromatic N) is 1. The quantitative estimate of drug-likeness (QED) is 0.262. The summed E-state index contributed by atoms with van der Waals surface area (Å²) in [6.07, 6.45) is 21.9. The van der Waals surface area contributed by atoms with Crippen molar-refractivity contribution >= 4 is 23.0 Å². The van der Waals surface area contributed by atoms with Crippen LogP contribution in [0.25, 0.3) is 0 Å². The third-order valence-electron chi connectivity index (χ3n) is 12.5. The Morgan fingerprint density at radius 2 is 1.10 bits per heavy atom. The highest BCUT2D eigenvalue weighted by atomic mass is 16.2. The van der Waals surface area contributed by atoms with Gasteiger partial charge in [0.15, 0.2) is 11.6 Å². The van der Waals surface area contributed by atoms with E-state index in [9.17, 15) is 9.59 Å². The summed E-state index contributed by atoms with van der Waals surface area (Å²) in [5.74, 6) is 6.25. The Balaban J connectivity index is 0.870.